The summed E-state index contributed by atoms with van der Waals surface area (Å²) in [5.74, 6) is 0.833. The normalized spacial score (nSPS) is 10.7. The van der Waals surface area contributed by atoms with Crippen LogP contribution in [0.3, 0.4) is 0 Å². The summed E-state index contributed by atoms with van der Waals surface area (Å²) >= 11 is 0. The average molecular weight is 289 g/mol. The Labute approximate surface area is 130 Å². The van der Waals surface area contributed by atoms with Gasteiger partial charge in [0.15, 0.2) is 0 Å². The molecule has 110 valence electrons. The van der Waals surface area contributed by atoms with Crippen molar-refractivity contribution >= 4 is 5.52 Å². The molecule has 0 fully saturated rings. The van der Waals surface area contributed by atoms with Crippen molar-refractivity contribution in [3.05, 3.63) is 71.3 Å². The van der Waals surface area contributed by atoms with Crippen LogP contribution in [-0.4, -0.2) is 9.38 Å². The van der Waals surface area contributed by atoms with Gasteiger partial charge in [-0.25, -0.2) is 4.98 Å². The largest absolute Gasteiger partial charge is 0.302 e. The third-order valence-corrected chi connectivity index (χ3v) is 3.99. The van der Waals surface area contributed by atoms with E-state index in [4.69, 9.17) is 5.26 Å². The monoisotopic (exact) mass is 289 g/mol. The van der Waals surface area contributed by atoms with E-state index in [1.165, 1.54) is 16.6 Å². The summed E-state index contributed by atoms with van der Waals surface area (Å²) in [6, 6.07) is 17.0. The molecule has 0 unspecified atom stereocenters. The third kappa shape index (κ3) is 2.87. The highest BCUT2D eigenvalue weighted by molar-refractivity contribution is 5.59. The van der Waals surface area contributed by atoms with E-state index in [-0.39, 0.29) is 0 Å². The molecule has 1 aromatic carbocycles. The molecule has 3 rings (SSSR count). The highest BCUT2D eigenvalue weighted by Crippen LogP contribution is 2.20. The fraction of sp³-hybridized carbons (Fsp3) is 0.263. The van der Waals surface area contributed by atoms with Crippen LogP contribution in [0.4, 0.5) is 0 Å². The Bertz CT molecular complexity index is 810. The van der Waals surface area contributed by atoms with Gasteiger partial charge in [0.05, 0.1) is 23.7 Å². The molecule has 2 heterocycles. The molecule has 0 bridgehead atoms. The molecule has 0 amide bonds. The van der Waals surface area contributed by atoms with Gasteiger partial charge >= 0.3 is 0 Å². The number of nitriles is 1. The molecule has 2 aromatic heterocycles. The van der Waals surface area contributed by atoms with Gasteiger partial charge < -0.3 is 4.40 Å². The van der Waals surface area contributed by atoms with Crippen LogP contribution in [0.5, 0.6) is 0 Å². The van der Waals surface area contributed by atoms with Gasteiger partial charge in [-0.15, -0.1) is 0 Å². The maximum absolute atomic E-state index is 8.92. The maximum atomic E-state index is 8.92. The number of fused-ring (bicyclic) bond motifs is 1. The lowest BCUT2D eigenvalue weighted by atomic mass is 10.0. The SMILES string of the molecule is Cc1nc(CC#N)n2cccc(CCCc3ccccc3)c12. The van der Waals surface area contributed by atoms with E-state index in [0.29, 0.717) is 6.42 Å². The van der Waals surface area contributed by atoms with Crippen LogP contribution in [0.2, 0.25) is 0 Å². The smallest absolute Gasteiger partial charge is 0.127 e. The summed E-state index contributed by atoms with van der Waals surface area (Å²) in [6.45, 7) is 2.02. The first-order chi connectivity index (χ1) is 10.8. The van der Waals surface area contributed by atoms with E-state index in [1.54, 1.807) is 0 Å². The highest BCUT2D eigenvalue weighted by atomic mass is 15.0. The number of hydrogen-bond donors (Lipinski definition) is 0. The molecule has 0 radical (unpaired) electrons. The number of nitrogens with zero attached hydrogens (tertiary/aromatic N) is 3. The Hall–Kier alpha value is -2.60. The van der Waals surface area contributed by atoms with E-state index in [1.807, 2.05) is 19.2 Å². The first-order valence-corrected chi connectivity index (χ1v) is 7.66. The summed E-state index contributed by atoms with van der Waals surface area (Å²) in [4.78, 5) is 4.55. The van der Waals surface area contributed by atoms with Crippen LogP contribution in [-0.2, 0) is 19.3 Å². The first kappa shape index (κ1) is 14.3. The Morgan fingerprint density at radius 3 is 2.68 bits per heavy atom. The lowest BCUT2D eigenvalue weighted by Crippen LogP contribution is -1.97. The fourth-order valence-corrected chi connectivity index (χ4v) is 3.00. The lowest BCUT2D eigenvalue weighted by molar-refractivity contribution is 0.820. The molecule has 0 atom stereocenters. The van der Waals surface area contributed by atoms with Crippen molar-refractivity contribution < 1.29 is 0 Å². The molecular weight excluding hydrogens is 270 g/mol. The Morgan fingerprint density at radius 2 is 1.91 bits per heavy atom. The van der Waals surface area contributed by atoms with Gasteiger partial charge in [-0.05, 0) is 43.4 Å². The summed E-state index contributed by atoms with van der Waals surface area (Å²) in [7, 11) is 0. The number of hydrogen-bond acceptors (Lipinski definition) is 2. The van der Waals surface area contributed by atoms with Gasteiger partial charge in [-0.1, -0.05) is 36.4 Å². The summed E-state index contributed by atoms with van der Waals surface area (Å²) in [5, 5.41) is 8.92. The minimum absolute atomic E-state index is 0.350. The second-order valence-corrected chi connectivity index (χ2v) is 5.54. The second-order valence-electron chi connectivity index (χ2n) is 5.54. The summed E-state index contributed by atoms with van der Waals surface area (Å²) in [5.41, 5.74) is 4.87. The van der Waals surface area contributed by atoms with Crippen molar-refractivity contribution in [3.8, 4) is 6.07 Å². The average Bonchev–Trinajstić information content (AvgIpc) is 2.86. The predicted octanol–water partition coefficient (Wildman–Crippen LogP) is 3.88. The number of imidazole rings is 1. The molecule has 3 aromatic rings. The Morgan fingerprint density at radius 1 is 1.09 bits per heavy atom. The van der Waals surface area contributed by atoms with Gasteiger partial charge in [-0.3, -0.25) is 0 Å². The van der Waals surface area contributed by atoms with Crippen LogP contribution in [0, 0.1) is 18.3 Å². The van der Waals surface area contributed by atoms with Crippen molar-refractivity contribution in [2.75, 3.05) is 0 Å². The van der Waals surface area contributed by atoms with Crippen LogP contribution in [0.1, 0.15) is 29.1 Å². The van der Waals surface area contributed by atoms with Crippen molar-refractivity contribution in [3.63, 3.8) is 0 Å². The van der Waals surface area contributed by atoms with E-state index in [9.17, 15) is 0 Å². The zero-order valence-electron chi connectivity index (χ0n) is 12.8. The zero-order chi connectivity index (χ0) is 15.4. The Balaban J connectivity index is 1.81. The first-order valence-electron chi connectivity index (χ1n) is 7.66. The van der Waals surface area contributed by atoms with E-state index in [2.05, 4.69) is 51.9 Å². The van der Waals surface area contributed by atoms with Crippen molar-refractivity contribution in [1.82, 2.24) is 9.38 Å². The summed E-state index contributed by atoms with van der Waals surface area (Å²) < 4.78 is 2.07. The number of aromatic nitrogens is 2. The molecule has 3 nitrogen and oxygen atoms in total. The molecule has 0 spiro atoms. The van der Waals surface area contributed by atoms with Crippen LogP contribution in [0.15, 0.2) is 48.7 Å². The Kier molecular flexibility index (Phi) is 4.20. The molecule has 22 heavy (non-hydrogen) atoms. The number of rotatable bonds is 5. The van der Waals surface area contributed by atoms with E-state index in [0.717, 1.165) is 30.8 Å². The van der Waals surface area contributed by atoms with Crippen LogP contribution >= 0.6 is 0 Å². The molecule has 0 N–H and O–H groups in total. The molecule has 3 heteroatoms. The van der Waals surface area contributed by atoms with Gasteiger partial charge in [0, 0.05) is 6.20 Å². The molecular formula is C19H19N3. The number of pyridine rings is 1. The van der Waals surface area contributed by atoms with Gasteiger partial charge in [0.1, 0.15) is 5.82 Å². The van der Waals surface area contributed by atoms with Crippen LogP contribution < -0.4 is 0 Å². The maximum Gasteiger partial charge on any atom is 0.127 e. The molecule has 0 saturated heterocycles. The van der Waals surface area contributed by atoms with E-state index >= 15 is 0 Å². The number of benzene rings is 1. The minimum Gasteiger partial charge on any atom is -0.302 e. The highest BCUT2D eigenvalue weighted by Gasteiger charge is 2.11. The molecule has 0 aliphatic carbocycles. The predicted molar refractivity (Wildman–Crippen MR) is 87.7 cm³/mol. The topological polar surface area (TPSA) is 41.1 Å². The quantitative estimate of drug-likeness (QED) is 0.715. The van der Waals surface area contributed by atoms with Crippen molar-refractivity contribution in [2.24, 2.45) is 0 Å². The molecule has 0 saturated carbocycles. The molecule has 0 aliphatic heterocycles. The lowest BCUT2D eigenvalue weighted by Gasteiger charge is -2.06. The standard InChI is InChI=1S/C19H19N3/c1-15-19-17(10-5-9-16-7-3-2-4-8-16)11-6-14-22(19)18(21-15)12-13-20/h2-4,6-8,11,14H,5,9-10,12H2,1H3. The number of aryl methyl sites for hydroxylation is 3. The van der Waals surface area contributed by atoms with Crippen LogP contribution in [0.25, 0.3) is 5.52 Å². The third-order valence-electron chi connectivity index (χ3n) is 3.99. The molecule has 0 aliphatic rings. The van der Waals surface area contributed by atoms with Gasteiger partial charge in [0.25, 0.3) is 0 Å². The second kappa shape index (κ2) is 6.44. The van der Waals surface area contributed by atoms with Crippen molar-refractivity contribution in [1.29, 1.82) is 5.26 Å². The zero-order valence-corrected chi connectivity index (χ0v) is 12.8. The van der Waals surface area contributed by atoms with Crippen molar-refractivity contribution in [2.45, 2.75) is 32.6 Å². The van der Waals surface area contributed by atoms with Gasteiger partial charge in [-0.2, -0.15) is 5.26 Å². The van der Waals surface area contributed by atoms with Gasteiger partial charge in [0.2, 0.25) is 0 Å². The summed E-state index contributed by atoms with van der Waals surface area (Å²) in [6.07, 6.45) is 5.57. The fourth-order valence-electron chi connectivity index (χ4n) is 3.00. The van der Waals surface area contributed by atoms with E-state index < -0.39 is 0 Å². The minimum atomic E-state index is 0.350.